The van der Waals surface area contributed by atoms with Crippen LogP contribution in [-0.2, 0) is 4.79 Å². The van der Waals surface area contributed by atoms with Gasteiger partial charge >= 0.3 is 0 Å². The number of carbonyl (C=O) groups excluding carboxylic acids is 1. The minimum absolute atomic E-state index is 0.0476. The minimum Gasteiger partial charge on any atom is -0.483 e. The molecule has 5 heteroatoms. The van der Waals surface area contributed by atoms with Gasteiger partial charge in [0.05, 0.1) is 4.47 Å². The lowest BCUT2D eigenvalue weighted by molar-refractivity contribution is -0.118. The van der Waals surface area contributed by atoms with Crippen LogP contribution in [0.25, 0.3) is 10.8 Å². The Morgan fingerprint density at radius 2 is 1.84 bits per heavy atom. The van der Waals surface area contributed by atoms with E-state index in [-0.39, 0.29) is 12.5 Å². The van der Waals surface area contributed by atoms with Gasteiger partial charge in [-0.2, -0.15) is 0 Å². The summed E-state index contributed by atoms with van der Waals surface area (Å²) in [6, 6.07) is 15.8. The van der Waals surface area contributed by atoms with E-state index in [0.29, 0.717) is 5.75 Å². The molecule has 0 aliphatic heterocycles. The summed E-state index contributed by atoms with van der Waals surface area (Å²) in [5, 5.41) is 5.03. The number of carbonyl (C=O) groups is 1. The third kappa shape index (κ3) is 4.22. The third-order valence-electron chi connectivity index (χ3n) is 3.91. The molecular formula is C20H17Br2NO2. The van der Waals surface area contributed by atoms with Crippen molar-refractivity contribution in [1.82, 2.24) is 0 Å². The standard InChI is InChI=1S/C20H17Br2NO2/c1-12-3-4-13(2)17(9-12)23-19(24)11-25-18-8-5-14-10-15(21)6-7-16(14)20(18)22/h3-10H,11H2,1-2H3,(H,23,24). The molecule has 0 spiro atoms. The molecule has 0 saturated heterocycles. The average molecular weight is 463 g/mol. The predicted molar refractivity (Wildman–Crippen MR) is 109 cm³/mol. The van der Waals surface area contributed by atoms with Crippen LogP contribution in [0.1, 0.15) is 11.1 Å². The molecule has 0 unspecified atom stereocenters. The third-order valence-corrected chi connectivity index (χ3v) is 5.22. The number of hydrogen-bond acceptors (Lipinski definition) is 2. The Balaban J connectivity index is 1.72. The zero-order valence-corrected chi connectivity index (χ0v) is 17.1. The van der Waals surface area contributed by atoms with Gasteiger partial charge in [-0.15, -0.1) is 0 Å². The van der Waals surface area contributed by atoms with Crippen LogP contribution in [0.2, 0.25) is 0 Å². The van der Waals surface area contributed by atoms with Crippen molar-refractivity contribution in [1.29, 1.82) is 0 Å². The highest BCUT2D eigenvalue weighted by Gasteiger charge is 2.10. The number of benzene rings is 3. The first-order valence-corrected chi connectivity index (χ1v) is 9.40. The van der Waals surface area contributed by atoms with E-state index in [4.69, 9.17) is 4.74 Å². The highest BCUT2D eigenvalue weighted by Crippen LogP contribution is 2.34. The fourth-order valence-electron chi connectivity index (χ4n) is 2.55. The SMILES string of the molecule is Cc1ccc(C)c(NC(=O)COc2ccc3cc(Br)ccc3c2Br)c1. The molecule has 0 aliphatic carbocycles. The molecule has 1 amide bonds. The van der Waals surface area contributed by atoms with Crippen molar-refractivity contribution in [2.75, 3.05) is 11.9 Å². The van der Waals surface area contributed by atoms with Gasteiger partial charge in [0.1, 0.15) is 5.75 Å². The normalized spacial score (nSPS) is 10.7. The maximum atomic E-state index is 12.2. The van der Waals surface area contributed by atoms with Gasteiger partial charge in [-0.3, -0.25) is 4.79 Å². The fraction of sp³-hybridized carbons (Fsp3) is 0.150. The Morgan fingerprint density at radius 3 is 2.64 bits per heavy atom. The molecular weight excluding hydrogens is 446 g/mol. The topological polar surface area (TPSA) is 38.3 Å². The lowest BCUT2D eigenvalue weighted by Crippen LogP contribution is -2.20. The second kappa shape index (κ2) is 7.58. The largest absolute Gasteiger partial charge is 0.483 e. The van der Waals surface area contributed by atoms with Crippen molar-refractivity contribution in [2.45, 2.75) is 13.8 Å². The van der Waals surface area contributed by atoms with Crippen molar-refractivity contribution in [2.24, 2.45) is 0 Å². The molecule has 3 nitrogen and oxygen atoms in total. The average Bonchev–Trinajstić information content (AvgIpc) is 2.57. The Hall–Kier alpha value is -1.85. The first kappa shape index (κ1) is 18.0. The van der Waals surface area contributed by atoms with Gasteiger partial charge in [-0.25, -0.2) is 0 Å². The quantitative estimate of drug-likeness (QED) is 0.516. The summed E-state index contributed by atoms with van der Waals surface area (Å²) in [4.78, 5) is 12.2. The molecule has 0 aromatic heterocycles. The van der Waals surface area contributed by atoms with E-state index in [9.17, 15) is 4.79 Å². The Bertz CT molecular complexity index is 954. The first-order valence-electron chi connectivity index (χ1n) is 7.82. The van der Waals surface area contributed by atoms with Gasteiger partial charge in [0.25, 0.3) is 5.91 Å². The van der Waals surface area contributed by atoms with Crippen LogP contribution in [0.3, 0.4) is 0 Å². The molecule has 1 N–H and O–H groups in total. The zero-order valence-electron chi connectivity index (χ0n) is 13.9. The lowest BCUT2D eigenvalue weighted by atomic mass is 10.1. The molecule has 0 bridgehead atoms. The molecule has 0 aliphatic rings. The fourth-order valence-corrected chi connectivity index (χ4v) is 3.54. The van der Waals surface area contributed by atoms with Gasteiger partial charge in [0.2, 0.25) is 0 Å². The molecule has 25 heavy (non-hydrogen) atoms. The second-order valence-electron chi connectivity index (χ2n) is 5.90. The maximum absolute atomic E-state index is 12.2. The summed E-state index contributed by atoms with van der Waals surface area (Å²) < 4.78 is 7.57. The van der Waals surface area contributed by atoms with E-state index in [1.54, 1.807) is 0 Å². The minimum atomic E-state index is -0.184. The number of anilines is 1. The van der Waals surface area contributed by atoms with Crippen molar-refractivity contribution < 1.29 is 9.53 Å². The van der Waals surface area contributed by atoms with E-state index in [1.165, 1.54) is 0 Å². The molecule has 3 aromatic rings. The monoisotopic (exact) mass is 461 g/mol. The van der Waals surface area contributed by atoms with Crippen LogP contribution < -0.4 is 10.1 Å². The van der Waals surface area contributed by atoms with E-state index >= 15 is 0 Å². The number of amides is 1. The van der Waals surface area contributed by atoms with Crippen molar-refractivity contribution in [3.05, 3.63) is 68.6 Å². The molecule has 0 saturated carbocycles. The number of fused-ring (bicyclic) bond motifs is 1. The summed E-state index contributed by atoms with van der Waals surface area (Å²) in [7, 11) is 0. The van der Waals surface area contributed by atoms with Crippen molar-refractivity contribution >= 4 is 54.2 Å². The van der Waals surface area contributed by atoms with Crippen LogP contribution in [0.5, 0.6) is 5.75 Å². The summed E-state index contributed by atoms with van der Waals surface area (Å²) in [5.41, 5.74) is 2.94. The molecule has 0 radical (unpaired) electrons. The van der Waals surface area contributed by atoms with E-state index in [1.807, 2.05) is 62.4 Å². The Kier molecular flexibility index (Phi) is 5.45. The van der Waals surface area contributed by atoms with Gasteiger partial charge in [0.15, 0.2) is 6.61 Å². The Morgan fingerprint density at radius 1 is 1.04 bits per heavy atom. The van der Waals surface area contributed by atoms with Crippen molar-refractivity contribution in [3.8, 4) is 5.75 Å². The highest BCUT2D eigenvalue weighted by molar-refractivity contribution is 9.11. The molecule has 3 aromatic carbocycles. The van der Waals surface area contributed by atoms with Gasteiger partial charge in [0, 0.05) is 10.2 Å². The maximum Gasteiger partial charge on any atom is 0.262 e. The summed E-state index contributed by atoms with van der Waals surface area (Å²) >= 11 is 7.04. The van der Waals surface area contributed by atoms with E-state index in [0.717, 1.165) is 36.5 Å². The van der Waals surface area contributed by atoms with Gasteiger partial charge in [-0.05, 0) is 75.9 Å². The summed E-state index contributed by atoms with van der Waals surface area (Å²) in [6.45, 7) is 3.91. The van der Waals surface area contributed by atoms with Gasteiger partial charge < -0.3 is 10.1 Å². The molecule has 0 fully saturated rings. The van der Waals surface area contributed by atoms with Crippen LogP contribution in [0, 0.1) is 13.8 Å². The summed E-state index contributed by atoms with van der Waals surface area (Å²) in [5.74, 6) is 0.461. The summed E-state index contributed by atoms with van der Waals surface area (Å²) in [6.07, 6.45) is 0. The van der Waals surface area contributed by atoms with Crippen LogP contribution in [0.4, 0.5) is 5.69 Å². The van der Waals surface area contributed by atoms with E-state index in [2.05, 4.69) is 37.2 Å². The predicted octanol–water partition coefficient (Wildman–Crippen LogP) is 6.00. The molecule has 0 heterocycles. The number of nitrogens with one attached hydrogen (secondary N) is 1. The highest BCUT2D eigenvalue weighted by atomic mass is 79.9. The number of aryl methyl sites for hydroxylation is 2. The van der Waals surface area contributed by atoms with Crippen LogP contribution >= 0.6 is 31.9 Å². The van der Waals surface area contributed by atoms with Crippen LogP contribution in [-0.4, -0.2) is 12.5 Å². The second-order valence-corrected chi connectivity index (χ2v) is 7.61. The number of rotatable bonds is 4. The van der Waals surface area contributed by atoms with Gasteiger partial charge in [-0.1, -0.05) is 40.2 Å². The smallest absolute Gasteiger partial charge is 0.262 e. The Labute approximate surface area is 163 Å². The van der Waals surface area contributed by atoms with E-state index < -0.39 is 0 Å². The zero-order chi connectivity index (χ0) is 18.0. The molecule has 0 atom stereocenters. The number of halogens is 2. The molecule has 128 valence electrons. The number of hydrogen-bond donors (Lipinski definition) is 1. The van der Waals surface area contributed by atoms with Crippen LogP contribution in [0.15, 0.2) is 57.5 Å². The van der Waals surface area contributed by atoms with Crippen molar-refractivity contribution in [3.63, 3.8) is 0 Å². The molecule has 3 rings (SSSR count). The first-order chi connectivity index (χ1) is 11.9. The lowest BCUT2D eigenvalue weighted by Gasteiger charge is -2.12. The number of ether oxygens (including phenoxy) is 1.